The Hall–Kier alpha value is -1.60. The fourth-order valence-corrected chi connectivity index (χ4v) is 7.49. The number of fused-ring (bicyclic) bond motifs is 1. The van der Waals surface area contributed by atoms with Crippen molar-refractivity contribution in [2.75, 3.05) is 36.1 Å². The van der Waals surface area contributed by atoms with E-state index in [2.05, 4.69) is 10.3 Å². The van der Waals surface area contributed by atoms with Gasteiger partial charge >= 0.3 is 0 Å². The van der Waals surface area contributed by atoms with Gasteiger partial charge in [0.05, 0.1) is 41.9 Å². The highest BCUT2D eigenvalue weighted by Gasteiger charge is 2.34. The van der Waals surface area contributed by atoms with E-state index in [0.29, 0.717) is 29.3 Å². The number of rotatable bonds is 8. The number of sulfonamides is 1. The molecular weight excluding hydrogens is 478 g/mol. The lowest BCUT2D eigenvalue weighted by Crippen LogP contribution is -2.28. The average molecular weight is 502 g/mol. The van der Waals surface area contributed by atoms with Crippen molar-refractivity contribution in [2.24, 2.45) is 4.99 Å². The smallest absolute Gasteiger partial charge is 0.273 e. The molecule has 0 aliphatic carbocycles. The average Bonchev–Trinajstić information content (AvgIpc) is 3.45. The van der Waals surface area contributed by atoms with Crippen LogP contribution >= 0.6 is 23.1 Å². The number of thioether (sulfide) groups is 1. The zero-order valence-corrected chi connectivity index (χ0v) is 20.3. The minimum absolute atomic E-state index is 0.0279. The minimum atomic E-state index is -3.62. The molecule has 4 rings (SSSR count). The lowest BCUT2D eigenvalue weighted by atomic mass is 10.1. The molecule has 12 heteroatoms. The predicted molar refractivity (Wildman–Crippen MR) is 127 cm³/mol. The lowest BCUT2D eigenvalue weighted by molar-refractivity contribution is 0.315. The summed E-state index contributed by atoms with van der Waals surface area (Å²) in [7, 11) is -5.49. The van der Waals surface area contributed by atoms with Gasteiger partial charge in [0, 0.05) is 18.7 Å². The normalized spacial score (nSPS) is 20.9. The Labute approximate surface area is 190 Å². The zero-order valence-electron chi connectivity index (χ0n) is 17.0. The molecule has 0 radical (unpaired) electrons. The molecule has 2 atom stereocenters. The Morgan fingerprint density at radius 3 is 2.74 bits per heavy atom. The number of hydrogen-bond acceptors (Lipinski definition) is 9. The molecule has 1 aromatic carbocycles. The topological polar surface area (TPSA) is 105 Å². The Morgan fingerprint density at radius 1 is 1.23 bits per heavy atom. The van der Waals surface area contributed by atoms with E-state index in [0.717, 1.165) is 22.6 Å². The van der Waals surface area contributed by atoms with Gasteiger partial charge in [-0.05, 0) is 29.5 Å². The van der Waals surface area contributed by atoms with E-state index in [1.54, 1.807) is 42.4 Å². The van der Waals surface area contributed by atoms with Crippen LogP contribution in [0.15, 0.2) is 44.9 Å². The van der Waals surface area contributed by atoms with Crippen molar-refractivity contribution >= 4 is 59.7 Å². The van der Waals surface area contributed by atoms with Gasteiger partial charge in [0.2, 0.25) is 0 Å². The summed E-state index contributed by atoms with van der Waals surface area (Å²) in [4.78, 5) is 4.64. The molecule has 2 aromatic rings. The van der Waals surface area contributed by atoms with E-state index in [9.17, 15) is 16.8 Å². The summed E-state index contributed by atoms with van der Waals surface area (Å²) in [6, 6.07) is 8.96. The molecule has 1 N–H and O–H groups in total. The summed E-state index contributed by atoms with van der Waals surface area (Å²) >= 11 is 2.82. The maximum absolute atomic E-state index is 13.0. The molecule has 2 unspecified atom stereocenters. The Balaban J connectivity index is 1.45. The van der Waals surface area contributed by atoms with E-state index in [4.69, 9.17) is 4.18 Å². The fourth-order valence-electron chi connectivity index (χ4n) is 3.57. The molecule has 31 heavy (non-hydrogen) atoms. The third-order valence-corrected chi connectivity index (χ3v) is 10.2. The van der Waals surface area contributed by atoms with Crippen LogP contribution < -0.4 is 9.62 Å². The Bertz CT molecular complexity index is 1190. The number of hydrogen-bond donors (Lipinski definition) is 1. The zero-order chi connectivity index (χ0) is 22.2. The molecule has 1 aromatic heterocycles. The van der Waals surface area contributed by atoms with E-state index in [1.165, 1.54) is 15.6 Å². The highest BCUT2D eigenvalue weighted by atomic mass is 32.2. The largest absolute Gasteiger partial charge is 0.374 e. The first-order valence-corrected chi connectivity index (χ1v) is 14.6. The predicted octanol–water partition coefficient (Wildman–Crippen LogP) is 2.79. The third kappa shape index (κ3) is 4.92. The van der Waals surface area contributed by atoms with Gasteiger partial charge in [0.1, 0.15) is 4.21 Å². The number of anilines is 2. The van der Waals surface area contributed by atoms with Crippen molar-refractivity contribution < 1.29 is 21.0 Å². The number of thiophene rings is 1. The molecule has 8 nitrogen and oxygen atoms in total. The van der Waals surface area contributed by atoms with Crippen LogP contribution in [0, 0.1) is 0 Å². The molecule has 0 amide bonds. The summed E-state index contributed by atoms with van der Waals surface area (Å²) < 4.78 is 54.7. The van der Waals surface area contributed by atoms with Crippen molar-refractivity contribution in [2.45, 2.75) is 28.3 Å². The van der Waals surface area contributed by atoms with Crippen molar-refractivity contribution in [1.29, 1.82) is 0 Å². The van der Waals surface area contributed by atoms with Crippen LogP contribution in [0.2, 0.25) is 0 Å². The summed E-state index contributed by atoms with van der Waals surface area (Å²) in [5.41, 5.74) is 2.46. The van der Waals surface area contributed by atoms with E-state index in [1.807, 2.05) is 12.1 Å². The number of para-hydroxylation sites is 1. The fraction of sp³-hybridized carbons (Fsp3) is 0.421. The lowest BCUT2D eigenvalue weighted by Gasteiger charge is -2.22. The van der Waals surface area contributed by atoms with Gasteiger partial charge in [-0.1, -0.05) is 18.2 Å². The number of nitrogens with one attached hydrogen (secondary N) is 1. The Kier molecular flexibility index (Phi) is 6.37. The quantitative estimate of drug-likeness (QED) is 0.555. The monoisotopic (exact) mass is 501 g/mol. The SMILES string of the molecule is CN(c1cccc2c1NC(C1=NCC(CCOS(C)(=O)=O)S1)C2)S(=O)(=O)c1cccs1. The first-order valence-electron chi connectivity index (χ1n) is 9.61. The van der Waals surface area contributed by atoms with Crippen LogP contribution in [0.3, 0.4) is 0 Å². The first kappa shape index (κ1) is 22.6. The molecule has 2 aliphatic heterocycles. The van der Waals surface area contributed by atoms with Gasteiger partial charge in [0.15, 0.2) is 0 Å². The standard InChI is InChI=1S/C19H23N3O5S4/c1-22(31(25,26)17-7-4-10-28-17)16-6-3-5-13-11-15(21-18(13)16)19-20-12-14(29-19)8-9-27-30(2,23)24/h3-7,10,14-15,21H,8-9,11-12H2,1-2H3. The summed E-state index contributed by atoms with van der Waals surface area (Å²) in [5.74, 6) is 0. The van der Waals surface area contributed by atoms with Crippen LogP contribution in [0.1, 0.15) is 12.0 Å². The highest BCUT2D eigenvalue weighted by molar-refractivity contribution is 8.14. The van der Waals surface area contributed by atoms with E-state index >= 15 is 0 Å². The molecule has 0 spiro atoms. The minimum Gasteiger partial charge on any atom is -0.374 e. The number of benzene rings is 1. The third-order valence-electron chi connectivity index (χ3n) is 5.09. The van der Waals surface area contributed by atoms with Crippen LogP contribution in [-0.2, 0) is 30.7 Å². The summed E-state index contributed by atoms with van der Waals surface area (Å²) in [6.45, 7) is 0.758. The van der Waals surface area contributed by atoms with Crippen LogP contribution in [0.25, 0.3) is 0 Å². The van der Waals surface area contributed by atoms with Crippen molar-refractivity contribution in [3.8, 4) is 0 Å². The molecular formula is C19H23N3O5S4. The molecule has 0 saturated heterocycles. The maximum atomic E-state index is 13.0. The van der Waals surface area contributed by atoms with Gasteiger partial charge in [-0.3, -0.25) is 13.5 Å². The van der Waals surface area contributed by atoms with Gasteiger partial charge in [-0.2, -0.15) is 8.42 Å². The number of nitrogens with zero attached hydrogens (tertiary/aromatic N) is 2. The first-order chi connectivity index (χ1) is 14.6. The summed E-state index contributed by atoms with van der Waals surface area (Å²) in [5, 5.41) is 6.33. The molecule has 2 aliphatic rings. The van der Waals surface area contributed by atoms with E-state index in [-0.39, 0.29) is 17.9 Å². The number of aliphatic imine (C=N–C) groups is 1. The van der Waals surface area contributed by atoms with Crippen molar-refractivity contribution in [1.82, 2.24) is 0 Å². The van der Waals surface area contributed by atoms with Gasteiger partial charge in [0.25, 0.3) is 20.1 Å². The van der Waals surface area contributed by atoms with Crippen molar-refractivity contribution in [3.05, 3.63) is 41.3 Å². The highest BCUT2D eigenvalue weighted by Crippen LogP contribution is 2.40. The van der Waals surface area contributed by atoms with E-state index < -0.39 is 20.1 Å². The second kappa shape index (κ2) is 8.74. The second-order valence-electron chi connectivity index (χ2n) is 7.35. The second-order valence-corrected chi connectivity index (χ2v) is 13.5. The van der Waals surface area contributed by atoms with Crippen LogP contribution in [0.5, 0.6) is 0 Å². The molecule has 168 valence electrons. The van der Waals surface area contributed by atoms with Crippen molar-refractivity contribution in [3.63, 3.8) is 0 Å². The Morgan fingerprint density at radius 2 is 2.03 bits per heavy atom. The molecule has 3 heterocycles. The van der Waals surface area contributed by atoms with Crippen LogP contribution in [-0.4, -0.2) is 59.6 Å². The van der Waals surface area contributed by atoms with Gasteiger partial charge in [-0.25, -0.2) is 8.42 Å². The van der Waals surface area contributed by atoms with Crippen LogP contribution in [0.4, 0.5) is 11.4 Å². The maximum Gasteiger partial charge on any atom is 0.273 e. The molecule has 0 fully saturated rings. The van der Waals surface area contributed by atoms with Gasteiger partial charge in [-0.15, -0.1) is 23.1 Å². The molecule has 0 saturated carbocycles. The molecule has 0 bridgehead atoms. The summed E-state index contributed by atoms with van der Waals surface area (Å²) in [6.07, 6.45) is 2.36. The van der Waals surface area contributed by atoms with Gasteiger partial charge < -0.3 is 5.32 Å².